The molecule has 0 aromatic heterocycles. The second-order valence-corrected chi connectivity index (χ2v) is 10.0. The van der Waals surface area contributed by atoms with Gasteiger partial charge in [0.2, 0.25) is 0 Å². The summed E-state index contributed by atoms with van der Waals surface area (Å²) in [5.74, 6) is 5.41. The molecule has 0 heterocycles. The lowest BCUT2D eigenvalue weighted by Gasteiger charge is -2.60. The normalized spacial score (nSPS) is 54.4. The fourth-order valence-electron chi connectivity index (χ4n) is 8.23. The Morgan fingerprint density at radius 3 is 2.41 bits per heavy atom. The van der Waals surface area contributed by atoms with Crippen molar-refractivity contribution in [2.45, 2.75) is 97.8 Å². The molecule has 4 aliphatic carbocycles. The first-order chi connectivity index (χ1) is 10.6. The monoisotopic (exact) mass is 302 g/mol. The van der Waals surface area contributed by atoms with Gasteiger partial charge in [-0.1, -0.05) is 46.5 Å². The molecule has 7 atom stereocenters. The number of hydrogen-bond donors (Lipinski definition) is 0. The van der Waals surface area contributed by atoms with Gasteiger partial charge in [-0.15, -0.1) is 0 Å². The maximum Gasteiger partial charge on any atom is -0.0266 e. The predicted molar refractivity (Wildman–Crippen MR) is 94.7 cm³/mol. The first-order valence-electron chi connectivity index (χ1n) is 10.6. The van der Waals surface area contributed by atoms with Crippen molar-refractivity contribution in [3.8, 4) is 0 Å². The van der Waals surface area contributed by atoms with Crippen molar-refractivity contribution in [1.82, 2.24) is 0 Å². The van der Waals surface area contributed by atoms with E-state index >= 15 is 0 Å². The second kappa shape index (κ2) is 5.52. The minimum atomic E-state index is 0.717. The molecule has 0 heteroatoms. The minimum absolute atomic E-state index is 0.717. The summed E-state index contributed by atoms with van der Waals surface area (Å²) in [5, 5.41) is 0. The Labute approximate surface area is 138 Å². The van der Waals surface area contributed by atoms with Crippen molar-refractivity contribution in [3.63, 3.8) is 0 Å². The molecule has 4 rings (SSSR count). The zero-order valence-electron chi connectivity index (χ0n) is 15.4. The topological polar surface area (TPSA) is 0 Å². The van der Waals surface area contributed by atoms with Crippen molar-refractivity contribution in [1.29, 1.82) is 0 Å². The van der Waals surface area contributed by atoms with Crippen LogP contribution < -0.4 is 0 Å². The average Bonchev–Trinajstić information content (AvgIpc) is 2.84. The zero-order chi connectivity index (χ0) is 15.4. The third kappa shape index (κ3) is 2.07. The van der Waals surface area contributed by atoms with Gasteiger partial charge in [0.15, 0.2) is 0 Å². The maximum atomic E-state index is 2.72. The number of hydrogen-bond acceptors (Lipinski definition) is 0. The van der Waals surface area contributed by atoms with Crippen LogP contribution in [-0.4, -0.2) is 0 Å². The second-order valence-electron chi connectivity index (χ2n) is 10.0. The van der Waals surface area contributed by atoms with Crippen molar-refractivity contribution in [3.05, 3.63) is 0 Å². The van der Waals surface area contributed by atoms with Gasteiger partial charge in [-0.2, -0.15) is 0 Å². The molecule has 4 saturated carbocycles. The quantitative estimate of drug-likeness (QED) is 0.524. The fraction of sp³-hybridized carbons (Fsp3) is 1.00. The van der Waals surface area contributed by atoms with Crippen molar-refractivity contribution < 1.29 is 0 Å². The molecule has 0 unspecified atom stereocenters. The van der Waals surface area contributed by atoms with E-state index < -0.39 is 0 Å². The van der Waals surface area contributed by atoms with Crippen molar-refractivity contribution in [2.75, 3.05) is 0 Å². The Morgan fingerprint density at radius 1 is 0.773 bits per heavy atom. The summed E-state index contributed by atoms with van der Waals surface area (Å²) in [7, 11) is 0. The first kappa shape index (κ1) is 15.5. The highest BCUT2D eigenvalue weighted by Gasteiger charge is 2.59. The van der Waals surface area contributed by atoms with Gasteiger partial charge in [-0.25, -0.2) is 0 Å². The summed E-state index contributed by atoms with van der Waals surface area (Å²) in [6.07, 6.45) is 18.5. The molecule has 0 amide bonds. The van der Waals surface area contributed by atoms with Crippen LogP contribution in [0.1, 0.15) is 97.8 Å². The van der Waals surface area contributed by atoms with Gasteiger partial charge in [0, 0.05) is 0 Å². The Kier molecular flexibility index (Phi) is 3.90. The van der Waals surface area contributed by atoms with Crippen LogP contribution in [0.3, 0.4) is 0 Å². The summed E-state index contributed by atoms with van der Waals surface area (Å²) < 4.78 is 0. The first-order valence-corrected chi connectivity index (χ1v) is 10.6. The lowest BCUT2D eigenvalue weighted by molar-refractivity contribution is -0.111. The van der Waals surface area contributed by atoms with Crippen LogP contribution in [-0.2, 0) is 0 Å². The molecule has 0 saturated heterocycles. The molecular weight excluding hydrogens is 264 g/mol. The Bertz CT molecular complexity index is 412. The molecule has 0 aliphatic heterocycles. The smallest absolute Gasteiger partial charge is 0.0266 e. The van der Waals surface area contributed by atoms with Crippen LogP contribution in [0.5, 0.6) is 0 Å². The molecule has 4 fully saturated rings. The van der Waals surface area contributed by atoms with Gasteiger partial charge in [-0.05, 0) is 91.8 Å². The zero-order valence-corrected chi connectivity index (χ0v) is 15.4. The van der Waals surface area contributed by atoms with Crippen LogP contribution in [0, 0.1) is 40.4 Å². The number of fused-ring (bicyclic) bond motifs is 5. The highest BCUT2D eigenvalue weighted by atomic mass is 14.6. The van der Waals surface area contributed by atoms with E-state index in [1.165, 1.54) is 25.7 Å². The van der Waals surface area contributed by atoms with Crippen LogP contribution in [0.15, 0.2) is 0 Å². The highest BCUT2D eigenvalue weighted by Crippen LogP contribution is 2.67. The van der Waals surface area contributed by atoms with Gasteiger partial charge in [-0.3, -0.25) is 0 Å². The van der Waals surface area contributed by atoms with E-state index in [1.54, 1.807) is 51.4 Å². The third-order valence-corrected chi connectivity index (χ3v) is 9.42. The van der Waals surface area contributed by atoms with E-state index in [1.807, 2.05) is 0 Å². The van der Waals surface area contributed by atoms with Gasteiger partial charge in [0.05, 0.1) is 0 Å². The lowest BCUT2D eigenvalue weighted by Crippen LogP contribution is -2.52. The Morgan fingerprint density at radius 2 is 1.59 bits per heavy atom. The molecule has 4 aliphatic rings. The molecular formula is C22H38. The average molecular weight is 303 g/mol. The van der Waals surface area contributed by atoms with E-state index in [-0.39, 0.29) is 0 Å². The van der Waals surface area contributed by atoms with E-state index in [0.29, 0.717) is 0 Å². The van der Waals surface area contributed by atoms with Gasteiger partial charge in [0.25, 0.3) is 0 Å². The molecule has 0 aromatic carbocycles. The van der Waals surface area contributed by atoms with Crippen molar-refractivity contribution in [2.24, 2.45) is 40.4 Å². The summed E-state index contributed by atoms with van der Waals surface area (Å²) in [6.45, 7) is 7.82. The van der Waals surface area contributed by atoms with Gasteiger partial charge >= 0.3 is 0 Å². The predicted octanol–water partition coefficient (Wildman–Crippen LogP) is 6.84. The van der Waals surface area contributed by atoms with Crippen LogP contribution in [0.25, 0.3) is 0 Å². The summed E-state index contributed by atoms with van der Waals surface area (Å²) in [6, 6.07) is 0. The standard InChI is InChI=1S/C22H38/c1-4-7-16-10-12-19-18-11-9-17-8-5-6-14-21(17,2)20(18)13-15-22(16,19)3/h16-20H,4-15H2,1-3H3/t16-,17-,18-,19-,20-,21-,22+/m0/s1. The third-order valence-electron chi connectivity index (χ3n) is 9.42. The molecule has 0 aromatic rings. The molecule has 0 spiro atoms. The van der Waals surface area contributed by atoms with Gasteiger partial charge in [0.1, 0.15) is 0 Å². The molecule has 22 heavy (non-hydrogen) atoms. The molecule has 0 bridgehead atoms. The molecule has 0 nitrogen and oxygen atoms in total. The van der Waals surface area contributed by atoms with E-state index in [2.05, 4.69) is 20.8 Å². The lowest BCUT2D eigenvalue weighted by atomic mass is 9.45. The summed E-state index contributed by atoms with van der Waals surface area (Å²) in [4.78, 5) is 0. The van der Waals surface area contributed by atoms with E-state index in [0.717, 1.165) is 40.4 Å². The van der Waals surface area contributed by atoms with Crippen LogP contribution >= 0.6 is 0 Å². The SMILES string of the molecule is CCC[C@H]1CC[C@H]2[C@@H]3CC[C@@H]4CCCC[C@]4(C)[C@H]3CC[C@]12C. The summed E-state index contributed by atoms with van der Waals surface area (Å²) in [5.41, 5.74) is 1.44. The van der Waals surface area contributed by atoms with Crippen LogP contribution in [0.4, 0.5) is 0 Å². The fourth-order valence-corrected chi connectivity index (χ4v) is 8.23. The number of rotatable bonds is 2. The molecule has 126 valence electrons. The van der Waals surface area contributed by atoms with E-state index in [9.17, 15) is 0 Å². The Hall–Kier alpha value is 0. The Balaban J connectivity index is 1.59. The summed E-state index contributed by atoms with van der Waals surface area (Å²) >= 11 is 0. The largest absolute Gasteiger partial charge is 0.0654 e. The molecule has 0 N–H and O–H groups in total. The van der Waals surface area contributed by atoms with Crippen LogP contribution in [0.2, 0.25) is 0 Å². The van der Waals surface area contributed by atoms with E-state index in [4.69, 9.17) is 0 Å². The maximum absolute atomic E-state index is 2.72. The van der Waals surface area contributed by atoms with Gasteiger partial charge < -0.3 is 0 Å². The minimum Gasteiger partial charge on any atom is -0.0654 e. The van der Waals surface area contributed by atoms with Crippen molar-refractivity contribution >= 4 is 0 Å². The highest BCUT2D eigenvalue weighted by molar-refractivity contribution is 5.08. The molecule has 0 radical (unpaired) electrons.